The largest absolute Gasteiger partial charge is 0.303 e. The van der Waals surface area contributed by atoms with E-state index < -0.39 is 5.82 Å². The molecule has 0 aliphatic carbocycles. The number of hydrogen-bond donors (Lipinski definition) is 0. The molecule has 0 heterocycles. The molecule has 0 fully saturated rings. The molecule has 19 heavy (non-hydrogen) atoms. The van der Waals surface area contributed by atoms with Crippen LogP contribution in [0.1, 0.15) is 30.1 Å². The first-order chi connectivity index (χ1) is 9.06. The zero-order valence-corrected chi connectivity index (χ0v) is 12.7. The number of carbonyl (C=O) groups is 1. The molecule has 1 aromatic carbocycles. The lowest BCUT2D eigenvalue weighted by Crippen LogP contribution is -2.31. The monoisotopic (exact) mass is 283 g/mol. The average Bonchev–Trinajstić information content (AvgIpc) is 2.42. The molecule has 0 saturated carbocycles. The zero-order valence-electron chi connectivity index (χ0n) is 11.9. The van der Waals surface area contributed by atoms with Crippen molar-refractivity contribution in [2.45, 2.75) is 25.8 Å². The van der Waals surface area contributed by atoms with Crippen LogP contribution in [0.3, 0.4) is 0 Å². The van der Waals surface area contributed by atoms with Crippen LogP contribution in [0.4, 0.5) is 4.39 Å². The number of carbonyl (C=O) groups excluding carboxylic acids is 1. The summed E-state index contributed by atoms with van der Waals surface area (Å²) in [6, 6.07) is 6.62. The highest BCUT2D eigenvalue weighted by atomic mass is 32.2. The molecule has 0 radical (unpaired) electrons. The Labute approximate surface area is 119 Å². The first kappa shape index (κ1) is 16.2. The molecule has 0 bridgehead atoms. The minimum Gasteiger partial charge on any atom is -0.303 e. The van der Waals surface area contributed by atoms with Crippen LogP contribution in [-0.2, 0) is 0 Å². The molecule has 0 spiro atoms. The highest BCUT2D eigenvalue weighted by Crippen LogP contribution is 2.11. The van der Waals surface area contributed by atoms with Gasteiger partial charge in [-0.3, -0.25) is 4.79 Å². The lowest BCUT2D eigenvalue weighted by molar-refractivity contribution is 0.0958. The van der Waals surface area contributed by atoms with Gasteiger partial charge in [0.05, 0.1) is 5.56 Å². The van der Waals surface area contributed by atoms with Crippen molar-refractivity contribution in [1.29, 1.82) is 0 Å². The predicted octanol–water partition coefficient (Wildman–Crippen LogP) is 3.47. The van der Waals surface area contributed by atoms with Crippen molar-refractivity contribution in [3.63, 3.8) is 0 Å². The van der Waals surface area contributed by atoms with Crippen LogP contribution < -0.4 is 0 Å². The Morgan fingerprint density at radius 3 is 2.74 bits per heavy atom. The van der Waals surface area contributed by atoms with Gasteiger partial charge in [-0.05, 0) is 44.5 Å². The summed E-state index contributed by atoms with van der Waals surface area (Å²) in [6.45, 7) is 2.83. The molecule has 0 aliphatic heterocycles. The van der Waals surface area contributed by atoms with Crippen molar-refractivity contribution in [3.05, 3.63) is 35.6 Å². The summed E-state index contributed by atoms with van der Waals surface area (Å²) in [5.41, 5.74) is 0.202. The Balaban J connectivity index is 2.44. The maximum atomic E-state index is 13.5. The van der Waals surface area contributed by atoms with Gasteiger partial charge in [0.25, 0.3) is 0 Å². The van der Waals surface area contributed by atoms with Crippen molar-refractivity contribution in [2.75, 3.05) is 25.6 Å². The van der Waals surface area contributed by atoms with Crippen molar-refractivity contribution < 1.29 is 9.18 Å². The average molecular weight is 283 g/mol. The van der Waals surface area contributed by atoms with E-state index in [1.165, 1.54) is 6.07 Å². The highest BCUT2D eigenvalue weighted by molar-refractivity contribution is 7.98. The number of rotatable bonds is 8. The van der Waals surface area contributed by atoms with Crippen molar-refractivity contribution in [3.8, 4) is 0 Å². The van der Waals surface area contributed by atoms with Crippen LogP contribution in [0.25, 0.3) is 0 Å². The first-order valence-corrected chi connectivity index (χ1v) is 7.92. The van der Waals surface area contributed by atoms with E-state index >= 15 is 0 Å². The van der Waals surface area contributed by atoms with Gasteiger partial charge in [-0.1, -0.05) is 12.1 Å². The summed E-state index contributed by atoms with van der Waals surface area (Å²) >= 11 is 1.83. The minimum atomic E-state index is -0.425. The Hall–Kier alpha value is -0.870. The van der Waals surface area contributed by atoms with E-state index in [1.54, 1.807) is 18.2 Å². The van der Waals surface area contributed by atoms with E-state index in [1.807, 2.05) is 18.8 Å². The second-order valence-corrected chi connectivity index (χ2v) is 5.75. The van der Waals surface area contributed by atoms with Gasteiger partial charge < -0.3 is 4.90 Å². The van der Waals surface area contributed by atoms with Gasteiger partial charge in [0.1, 0.15) is 5.82 Å². The maximum absolute atomic E-state index is 13.5. The van der Waals surface area contributed by atoms with Crippen molar-refractivity contribution in [1.82, 2.24) is 4.90 Å². The number of benzene rings is 1. The molecule has 106 valence electrons. The van der Waals surface area contributed by atoms with Gasteiger partial charge in [-0.2, -0.15) is 11.8 Å². The van der Waals surface area contributed by atoms with Gasteiger partial charge in [-0.25, -0.2) is 4.39 Å². The number of ketones is 1. The Morgan fingerprint density at radius 1 is 1.42 bits per heavy atom. The molecule has 1 aromatic rings. The van der Waals surface area contributed by atoms with Crippen LogP contribution in [0, 0.1) is 5.82 Å². The van der Waals surface area contributed by atoms with Crippen LogP contribution in [0.2, 0.25) is 0 Å². The second-order valence-electron chi connectivity index (χ2n) is 4.76. The molecular weight excluding hydrogens is 261 g/mol. The summed E-state index contributed by atoms with van der Waals surface area (Å²) in [5, 5.41) is 0. The fourth-order valence-electron chi connectivity index (χ4n) is 1.83. The molecule has 0 N–H and O–H groups in total. The van der Waals surface area contributed by atoms with Gasteiger partial charge in [0, 0.05) is 19.0 Å². The lowest BCUT2D eigenvalue weighted by Gasteiger charge is -2.24. The summed E-state index contributed by atoms with van der Waals surface area (Å²) in [5.74, 6) is 0.569. The molecule has 0 amide bonds. The minimum absolute atomic E-state index is 0.123. The predicted molar refractivity (Wildman–Crippen MR) is 80.4 cm³/mol. The molecule has 1 rings (SSSR count). The first-order valence-electron chi connectivity index (χ1n) is 6.53. The van der Waals surface area contributed by atoms with Gasteiger partial charge in [0.2, 0.25) is 0 Å². The van der Waals surface area contributed by atoms with E-state index in [0.717, 1.165) is 12.2 Å². The number of thioether (sulfide) groups is 1. The van der Waals surface area contributed by atoms with Gasteiger partial charge in [-0.15, -0.1) is 0 Å². The van der Waals surface area contributed by atoms with Crippen molar-refractivity contribution in [2.24, 2.45) is 0 Å². The smallest absolute Gasteiger partial charge is 0.167 e. The molecule has 1 atom stereocenters. The summed E-state index contributed by atoms with van der Waals surface area (Å²) in [6.07, 6.45) is 3.56. The molecular formula is C15H22FNOS. The second kappa shape index (κ2) is 8.33. The van der Waals surface area contributed by atoms with E-state index in [2.05, 4.69) is 18.1 Å². The van der Waals surface area contributed by atoms with Gasteiger partial charge in [0.15, 0.2) is 5.78 Å². The van der Waals surface area contributed by atoms with Gasteiger partial charge >= 0.3 is 0 Å². The fraction of sp³-hybridized carbons (Fsp3) is 0.533. The van der Waals surface area contributed by atoms with E-state index in [0.29, 0.717) is 19.0 Å². The van der Waals surface area contributed by atoms with Crippen LogP contribution in [-0.4, -0.2) is 42.3 Å². The van der Waals surface area contributed by atoms with Crippen LogP contribution in [0.5, 0.6) is 0 Å². The number of hydrogen-bond acceptors (Lipinski definition) is 3. The quantitative estimate of drug-likeness (QED) is 0.681. The Morgan fingerprint density at radius 2 is 2.11 bits per heavy atom. The van der Waals surface area contributed by atoms with E-state index in [4.69, 9.17) is 0 Å². The molecule has 0 aliphatic rings. The highest BCUT2D eigenvalue weighted by Gasteiger charge is 2.14. The third-order valence-electron chi connectivity index (χ3n) is 3.36. The molecule has 2 nitrogen and oxygen atoms in total. The Kier molecular flexibility index (Phi) is 7.10. The zero-order chi connectivity index (χ0) is 14.3. The molecule has 4 heteroatoms. The SMILES string of the molecule is CSCCC(C)N(C)CCC(=O)c1ccccc1F. The summed E-state index contributed by atoms with van der Waals surface area (Å²) < 4.78 is 13.5. The molecule has 0 aromatic heterocycles. The van der Waals surface area contributed by atoms with E-state index in [9.17, 15) is 9.18 Å². The molecule has 1 unspecified atom stereocenters. The third kappa shape index (κ3) is 5.33. The topological polar surface area (TPSA) is 20.3 Å². The standard InChI is InChI=1S/C15H22FNOS/c1-12(9-11-19-3)17(2)10-8-15(18)13-6-4-5-7-14(13)16/h4-7,12H,8-11H2,1-3H3. The molecule has 0 saturated heterocycles. The summed E-state index contributed by atoms with van der Waals surface area (Å²) in [7, 11) is 2.01. The normalized spacial score (nSPS) is 12.7. The number of halogens is 1. The maximum Gasteiger partial charge on any atom is 0.167 e. The third-order valence-corrected chi connectivity index (χ3v) is 4.00. The Bertz CT molecular complexity index is 411. The number of Topliss-reactive ketones (excluding diaryl/α,β-unsaturated/α-hetero) is 1. The van der Waals surface area contributed by atoms with Crippen LogP contribution >= 0.6 is 11.8 Å². The number of nitrogens with zero attached hydrogens (tertiary/aromatic N) is 1. The van der Waals surface area contributed by atoms with E-state index in [-0.39, 0.29) is 11.3 Å². The summed E-state index contributed by atoms with van der Waals surface area (Å²) in [4.78, 5) is 14.1. The lowest BCUT2D eigenvalue weighted by atomic mass is 10.1. The van der Waals surface area contributed by atoms with Crippen LogP contribution in [0.15, 0.2) is 24.3 Å². The fourth-order valence-corrected chi connectivity index (χ4v) is 2.41. The van der Waals surface area contributed by atoms with Crippen molar-refractivity contribution >= 4 is 17.5 Å².